The molecule has 5 nitrogen and oxygen atoms in total. The summed E-state index contributed by atoms with van der Waals surface area (Å²) in [6.07, 6.45) is 2.93. The van der Waals surface area contributed by atoms with E-state index in [0.29, 0.717) is 6.04 Å². The first-order chi connectivity index (χ1) is 9.66. The maximum absolute atomic E-state index is 11.2. The smallest absolute Gasteiger partial charge is 0.314 e. The second kappa shape index (κ2) is 7.05. The van der Waals surface area contributed by atoms with E-state index in [1.165, 1.54) is 5.56 Å². The number of nitrogens with one attached hydrogen (secondary N) is 2. The first kappa shape index (κ1) is 14.5. The number of hydrogen-bond donors (Lipinski definition) is 2. The van der Waals surface area contributed by atoms with E-state index in [4.69, 9.17) is 0 Å². The molecule has 5 heteroatoms. The van der Waals surface area contributed by atoms with Crippen molar-refractivity contribution in [3.05, 3.63) is 52.2 Å². The molecule has 0 radical (unpaired) electrons. The maximum atomic E-state index is 11.2. The third kappa shape index (κ3) is 4.06. The normalized spacial score (nSPS) is 12.5. The molecule has 0 spiro atoms. The Kier molecular flexibility index (Phi) is 5.12. The van der Waals surface area contributed by atoms with Crippen molar-refractivity contribution in [2.75, 3.05) is 6.54 Å². The maximum Gasteiger partial charge on any atom is 0.343 e. The summed E-state index contributed by atoms with van der Waals surface area (Å²) >= 11 is 0. The van der Waals surface area contributed by atoms with Crippen LogP contribution in [0.1, 0.15) is 24.7 Å². The van der Waals surface area contributed by atoms with Crippen LogP contribution in [-0.4, -0.2) is 27.4 Å². The van der Waals surface area contributed by atoms with Crippen LogP contribution in [0.4, 0.5) is 0 Å². The third-order valence-corrected chi connectivity index (χ3v) is 3.52. The molecular weight excluding hydrogens is 252 g/mol. The number of nitrogens with zero attached hydrogens (tertiary/aromatic N) is 2. The number of aromatic amines is 1. The van der Waals surface area contributed by atoms with Crippen molar-refractivity contribution in [2.24, 2.45) is 7.05 Å². The molecule has 0 saturated carbocycles. The second-order valence-corrected chi connectivity index (χ2v) is 5.13. The van der Waals surface area contributed by atoms with Crippen LogP contribution in [0.5, 0.6) is 0 Å². The molecule has 0 aliphatic carbocycles. The lowest BCUT2D eigenvalue weighted by molar-refractivity contribution is 0.511. The number of rotatable bonds is 7. The van der Waals surface area contributed by atoms with Gasteiger partial charge < -0.3 is 5.32 Å². The summed E-state index contributed by atoms with van der Waals surface area (Å²) in [6.45, 7) is 3.01. The lowest BCUT2D eigenvalue weighted by atomic mass is 10.1. The van der Waals surface area contributed by atoms with Crippen LogP contribution in [-0.2, 0) is 19.9 Å². The molecule has 108 valence electrons. The van der Waals surface area contributed by atoms with Crippen molar-refractivity contribution in [1.82, 2.24) is 20.1 Å². The minimum absolute atomic E-state index is 0.155. The number of H-pyrrole nitrogens is 1. The summed E-state index contributed by atoms with van der Waals surface area (Å²) < 4.78 is 1.55. The number of aromatic nitrogens is 3. The van der Waals surface area contributed by atoms with E-state index in [1.807, 2.05) is 6.07 Å². The molecule has 0 saturated heterocycles. The van der Waals surface area contributed by atoms with Crippen molar-refractivity contribution >= 4 is 0 Å². The van der Waals surface area contributed by atoms with E-state index >= 15 is 0 Å². The van der Waals surface area contributed by atoms with Crippen LogP contribution in [0.2, 0.25) is 0 Å². The van der Waals surface area contributed by atoms with Crippen molar-refractivity contribution in [1.29, 1.82) is 0 Å². The average Bonchev–Trinajstić information content (AvgIpc) is 2.78. The van der Waals surface area contributed by atoms with Gasteiger partial charge in [-0.05, 0) is 25.3 Å². The summed E-state index contributed by atoms with van der Waals surface area (Å²) in [5, 5.41) is 9.91. The predicted octanol–water partition coefficient (Wildman–Crippen LogP) is 1.26. The molecule has 0 aliphatic rings. The van der Waals surface area contributed by atoms with E-state index in [9.17, 15) is 4.79 Å². The quantitative estimate of drug-likeness (QED) is 0.799. The third-order valence-electron chi connectivity index (χ3n) is 3.52. The van der Waals surface area contributed by atoms with E-state index in [0.717, 1.165) is 31.6 Å². The standard InChI is InChI=1S/C15H22N4O/c1-12(8-9-13-6-4-3-5-7-13)16-11-10-14-17-18-15(20)19(14)2/h3-7,12,16H,8-11H2,1-2H3,(H,18,20)/t12-/m1/s1. The van der Waals surface area contributed by atoms with E-state index in [2.05, 4.69) is 46.7 Å². The van der Waals surface area contributed by atoms with Gasteiger partial charge in [-0.15, -0.1) is 0 Å². The Hall–Kier alpha value is -1.88. The van der Waals surface area contributed by atoms with Crippen LogP contribution >= 0.6 is 0 Å². The summed E-state index contributed by atoms with van der Waals surface area (Å²) in [4.78, 5) is 11.2. The predicted molar refractivity (Wildman–Crippen MR) is 79.8 cm³/mol. The molecule has 20 heavy (non-hydrogen) atoms. The molecule has 0 fully saturated rings. The minimum Gasteiger partial charge on any atom is -0.314 e. The summed E-state index contributed by atoms with van der Waals surface area (Å²) in [7, 11) is 1.74. The van der Waals surface area contributed by atoms with Gasteiger partial charge >= 0.3 is 5.69 Å². The van der Waals surface area contributed by atoms with Crippen LogP contribution in [0, 0.1) is 0 Å². The molecular formula is C15H22N4O. The van der Waals surface area contributed by atoms with Crippen LogP contribution in [0.25, 0.3) is 0 Å². The van der Waals surface area contributed by atoms with E-state index in [1.54, 1.807) is 11.6 Å². The van der Waals surface area contributed by atoms with Crippen molar-refractivity contribution < 1.29 is 0 Å². The Labute approximate surface area is 119 Å². The molecule has 0 bridgehead atoms. The van der Waals surface area contributed by atoms with Gasteiger partial charge in [0, 0.05) is 26.1 Å². The Morgan fingerprint density at radius 2 is 2.05 bits per heavy atom. The number of hydrogen-bond acceptors (Lipinski definition) is 3. The van der Waals surface area contributed by atoms with Gasteiger partial charge in [-0.3, -0.25) is 4.57 Å². The highest BCUT2D eigenvalue weighted by atomic mass is 16.1. The van der Waals surface area contributed by atoms with Gasteiger partial charge in [0.05, 0.1) is 0 Å². The Bertz CT molecular complexity index is 573. The zero-order valence-electron chi connectivity index (χ0n) is 12.1. The molecule has 0 unspecified atom stereocenters. The Morgan fingerprint density at radius 1 is 1.30 bits per heavy atom. The van der Waals surface area contributed by atoms with Gasteiger partial charge in [-0.2, -0.15) is 5.10 Å². The van der Waals surface area contributed by atoms with Gasteiger partial charge in [-0.25, -0.2) is 9.89 Å². The number of benzene rings is 1. The highest BCUT2D eigenvalue weighted by molar-refractivity contribution is 5.14. The first-order valence-corrected chi connectivity index (χ1v) is 7.04. The number of aryl methyl sites for hydroxylation is 1. The molecule has 1 aromatic carbocycles. The fourth-order valence-electron chi connectivity index (χ4n) is 2.16. The largest absolute Gasteiger partial charge is 0.343 e. The second-order valence-electron chi connectivity index (χ2n) is 5.13. The van der Waals surface area contributed by atoms with Crippen molar-refractivity contribution in [3.63, 3.8) is 0 Å². The summed E-state index contributed by atoms with van der Waals surface area (Å²) in [5.41, 5.74) is 1.22. The topological polar surface area (TPSA) is 62.7 Å². The SMILES string of the molecule is C[C@H](CCc1ccccc1)NCCc1n[nH]c(=O)n1C. The van der Waals surface area contributed by atoms with Gasteiger partial charge in [0.1, 0.15) is 5.82 Å². The lowest BCUT2D eigenvalue weighted by Crippen LogP contribution is -2.29. The molecule has 1 atom stereocenters. The average molecular weight is 274 g/mol. The Morgan fingerprint density at radius 3 is 2.70 bits per heavy atom. The van der Waals surface area contributed by atoms with Crippen LogP contribution in [0.3, 0.4) is 0 Å². The molecule has 2 rings (SSSR count). The fraction of sp³-hybridized carbons (Fsp3) is 0.467. The van der Waals surface area contributed by atoms with Gasteiger partial charge in [0.25, 0.3) is 0 Å². The van der Waals surface area contributed by atoms with Gasteiger partial charge in [0.2, 0.25) is 0 Å². The van der Waals surface area contributed by atoms with E-state index < -0.39 is 0 Å². The zero-order valence-corrected chi connectivity index (χ0v) is 12.1. The van der Waals surface area contributed by atoms with Gasteiger partial charge in [0.15, 0.2) is 0 Å². The van der Waals surface area contributed by atoms with Crippen molar-refractivity contribution in [2.45, 2.75) is 32.2 Å². The molecule has 2 N–H and O–H groups in total. The first-order valence-electron chi connectivity index (χ1n) is 7.04. The molecule has 1 aromatic heterocycles. The van der Waals surface area contributed by atoms with Gasteiger partial charge in [-0.1, -0.05) is 30.3 Å². The molecule has 1 heterocycles. The minimum atomic E-state index is -0.155. The zero-order chi connectivity index (χ0) is 14.4. The van der Waals surface area contributed by atoms with Crippen molar-refractivity contribution in [3.8, 4) is 0 Å². The highest BCUT2D eigenvalue weighted by Gasteiger charge is 2.05. The van der Waals surface area contributed by atoms with Crippen LogP contribution in [0.15, 0.2) is 35.1 Å². The molecule has 0 amide bonds. The molecule has 0 aliphatic heterocycles. The van der Waals surface area contributed by atoms with E-state index in [-0.39, 0.29) is 5.69 Å². The summed E-state index contributed by atoms with van der Waals surface area (Å²) in [5.74, 6) is 0.790. The van der Waals surface area contributed by atoms with Crippen LogP contribution < -0.4 is 11.0 Å². The fourth-order valence-corrected chi connectivity index (χ4v) is 2.16. The summed E-state index contributed by atoms with van der Waals surface area (Å²) in [6, 6.07) is 11.0. The monoisotopic (exact) mass is 274 g/mol. The Balaban J connectivity index is 1.69. The highest BCUT2D eigenvalue weighted by Crippen LogP contribution is 2.04. The molecule has 2 aromatic rings. The lowest BCUT2D eigenvalue weighted by Gasteiger charge is -2.13.